The van der Waals surface area contributed by atoms with E-state index in [2.05, 4.69) is 151 Å². The first-order chi connectivity index (χ1) is 42.1. The highest BCUT2D eigenvalue weighted by molar-refractivity contribution is 6.11. The first-order valence-electron chi connectivity index (χ1n) is 32.6. The van der Waals surface area contributed by atoms with Gasteiger partial charge in [-0.1, -0.05) is 74.9 Å². The predicted molar refractivity (Wildman–Crippen MR) is 341 cm³/mol. The molecule has 3 aliphatic carbocycles. The first kappa shape index (κ1) is 50.5. The Labute approximate surface area is 500 Å². The number of benzene rings is 3. The molecule has 0 unspecified atom stereocenters. The molecular weight excluding hydrogens is 1030 g/mol. The van der Waals surface area contributed by atoms with Gasteiger partial charge in [0.25, 0.3) is 0 Å². The Bertz CT molecular complexity index is 4550. The number of nitrogens with zero attached hydrogens (tertiary/aromatic N) is 6. The van der Waals surface area contributed by atoms with Gasteiger partial charge in [-0.3, -0.25) is 0 Å². The van der Waals surface area contributed by atoms with Crippen LogP contribution in [0.4, 0.5) is 0 Å². The van der Waals surface area contributed by atoms with Crippen molar-refractivity contribution >= 4 is 66.2 Å². The standard InChI is InChI=1S/3C25H27N2O/c1-15-9-11-19-20-12-10-17(3)26-25(20)28-24(19)23(15)22-13-21(16(2)14-27(22)4)18-7-5-6-8-18;2*1-15-9-11-19-20-12-10-17(3)26-25(20)28-24(19)23(15)22-13-16(2)21(14-27(22)4)18-7-5-6-8-18/h3*9-14,18H,5-8H2,1-4H3/q3*+1/i2D3,18D;;. The normalized spacial score (nSPS) is 16.4. The second-order valence-corrected chi connectivity index (χ2v) is 24.8. The summed E-state index contributed by atoms with van der Waals surface area (Å²) >= 11 is 0. The van der Waals surface area contributed by atoms with Crippen LogP contribution in [0.1, 0.15) is 167 Å². The fraction of sp³-hybridized carbons (Fsp3) is 0.360. The van der Waals surface area contributed by atoms with Gasteiger partial charge < -0.3 is 13.3 Å². The molecule has 9 heteroatoms. The van der Waals surface area contributed by atoms with Gasteiger partial charge >= 0.3 is 0 Å². The van der Waals surface area contributed by atoms with Crippen molar-refractivity contribution in [3.8, 4) is 33.8 Å². The van der Waals surface area contributed by atoms with Crippen molar-refractivity contribution in [1.29, 1.82) is 0 Å². The number of pyridine rings is 6. The van der Waals surface area contributed by atoms with Crippen molar-refractivity contribution in [2.24, 2.45) is 21.1 Å². The van der Waals surface area contributed by atoms with Gasteiger partial charge in [0.2, 0.25) is 34.2 Å². The maximum Gasteiger partial charge on any atom is 0.227 e. The molecular formula is C75H81N6O3+3. The molecule has 3 aromatic carbocycles. The molecule has 0 saturated heterocycles. The fourth-order valence-electron chi connectivity index (χ4n) is 14.3. The Morgan fingerprint density at radius 2 is 0.714 bits per heavy atom. The molecule has 9 nitrogen and oxygen atoms in total. The molecule has 0 amide bonds. The van der Waals surface area contributed by atoms with Gasteiger partial charge in [-0.15, -0.1) is 0 Å². The Balaban J connectivity index is 0.000000122. The molecule has 0 bridgehead atoms. The van der Waals surface area contributed by atoms with E-state index in [9.17, 15) is 0 Å². The topological polar surface area (TPSA) is 89.7 Å². The van der Waals surface area contributed by atoms with E-state index < -0.39 is 12.7 Å². The van der Waals surface area contributed by atoms with E-state index in [0.29, 0.717) is 24.1 Å². The molecule has 3 saturated carbocycles. The largest absolute Gasteiger partial charge is 0.437 e. The van der Waals surface area contributed by atoms with Crippen LogP contribution in [0.5, 0.6) is 0 Å². The van der Waals surface area contributed by atoms with Crippen LogP contribution in [-0.2, 0) is 21.1 Å². The Kier molecular flexibility index (Phi) is 13.3. The molecule has 426 valence electrons. The van der Waals surface area contributed by atoms with Gasteiger partial charge in [0.1, 0.15) is 21.1 Å². The van der Waals surface area contributed by atoms with Gasteiger partial charge in [0.15, 0.2) is 35.3 Å². The smallest absolute Gasteiger partial charge is 0.227 e. The third-order valence-corrected chi connectivity index (χ3v) is 18.8. The highest BCUT2D eigenvalue weighted by Crippen LogP contribution is 2.44. The number of hydrogen-bond acceptors (Lipinski definition) is 6. The molecule has 0 atom stereocenters. The number of rotatable bonds is 6. The summed E-state index contributed by atoms with van der Waals surface area (Å²) in [5, 5.41) is 6.39. The van der Waals surface area contributed by atoms with Crippen molar-refractivity contribution in [2.75, 3.05) is 0 Å². The quantitative estimate of drug-likeness (QED) is 0.154. The second-order valence-electron chi connectivity index (χ2n) is 24.8. The lowest BCUT2D eigenvalue weighted by Crippen LogP contribution is -2.32. The molecule has 12 aromatic rings. The summed E-state index contributed by atoms with van der Waals surface area (Å²) in [6.45, 7) is 14.6. The molecule has 0 aliphatic heterocycles. The summed E-state index contributed by atoms with van der Waals surface area (Å²) in [6, 6.07) is 31.8. The third-order valence-electron chi connectivity index (χ3n) is 18.8. The molecule has 9 heterocycles. The Hall–Kier alpha value is -8.04. The van der Waals surface area contributed by atoms with E-state index >= 15 is 0 Å². The van der Waals surface area contributed by atoms with Crippen LogP contribution in [0.15, 0.2) is 123 Å². The minimum absolute atomic E-state index is 0.271. The van der Waals surface area contributed by atoms with Crippen molar-refractivity contribution < 1.29 is 32.4 Å². The van der Waals surface area contributed by atoms with E-state index in [0.717, 1.165) is 119 Å². The van der Waals surface area contributed by atoms with Crippen molar-refractivity contribution in [3.63, 3.8) is 0 Å². The number of aromatic nitrogens is 6. The zero-order valence-electron chi connectivity index (χ0n) is 54.9. The van der Waals surface area contributed by atoms with Crippen LogP contribution >= 0.6 is 0 Å². The predicted octanol–water partition coefficient (Wildman–Crippen LogP) is 18.2. The lowest BCUT2D eigenvalue weighted by molar-refractivity contribution is -0.661. The zero-order chi connectivity index (χ0) is 61.7. The van der Waals surface area contributed by atoms with E-state index in [1.165, 1.54) is 107 Å². The van der Waals surface area contributed by atoms with Crippen LogP contribution in [-0.4, -0.2) is 15.0 Å². The summed E-state index contributed by atoms with van der Waals surface area (Å²) < 4.78 is 58.7. The number of furan rings is 3. The molecule has 15 rings (SSSR count). The molecule has 9 aromatic heterocycles. The summed E-state index contributed by atoms with van der Waals surface area (Å²) in [6.07, 6.45) is 20.4. The van der Waals surface area contributed by atoms with E-state index in [4.69, 9.17) is 18.7 Å². The molecule has 0 spiro atoms. The fourth-order valence-corrected chi connectivity index (χ4v) is 14.3. The van der Waals surface area contributed by atoms with Gasteiger partial charge in [-0.25, -0.2) is 28.7 Å². The first-order valence-corrected chi connectivity index (χ1v) is 30.6. The SMILES string of the molecule is Cc1ccc2c(n1)oc1c(-c3cc(C)c(C4CCCC4)c[n+]3C)c(C)ccc12.Cc1ccc2c(n1)oc1c(-c3cc(C)c(C4CCCC4)c[n+]3C)c(C)ccc12.[2H]C([2H])([2H])c1c[n+](C)c(-c2c(C)ccc3c2oc2nc(C)ccc23)cc1C1([2H])CCCC1. The van der Waals surface area contributed by atoms with Crippen molar-refractivity contribution in [3.05, 3.63) is 177 Å². The number of hydrogen-bond donors (Lipinski definition) is 0. The van der Waals surface area contributed by atoms with Gasteiger partial charge in [0.05, 0.1) is 16.7 Å². The minimum Gasteiger partial charge on any atom is -0.437 e. The lowest BCUT2D eigenvalue weighted by Gasteiger charge is -2.14. The van der Waals surface area contributed by atoms with Crippen molar-refractivity contribution in [1.82, 2.24) is 15.0 Å². The van der Waals surface area contributed by atoms with Crippen LogP contribution < -0.4 is 13.7 Å². The average Bonchev–Trinajstić information content (AvgIpc) is 1.52. The molecule has 3 fully saturated rings. The maximum absolute atomic E-state index is 9.11. The highest BCUT2D eigenvalue weighted by atomic mass is 16.3. The van der Waals surface area contributed by atoms with Crippen molar-refractivity contribution in [2.45, 2.75) is 157 Å². The molecule has 3 aliphatic rings. The summed E-state index contributed by atoms with van der Waals surface area (Å²) in [4.78, 5) is 13.8. The maximum atomic E-state index is 9.11. The summed E-state index contributed by atoms with van der Waals surface area (Å²) in [7, 11) is 6.19. The van der Waals surface area contributed by atoms with E-state index in [1.54, 1.807) is 6.20 Å². The number of fused-ring (bicyclic) bond motifs is 9. The molecule has 0 radical (unpaired) electrons. The molecule has 0 N–H and O–H groups in total. The number of aryl methyl sites for hydroxylation is 12. The van der Waals surface area contributed by atoms with Gasteiger partial charge in [-0.2, -0.15) is 0 Å². The zero-order valence-corrected chi connectivity index (χ0v) is 50.9. The van der Waals surface area contributed by atoms with Crippen LogP contribution in [0.25, 0.3) is 100.0 Å². The van der Waals surface area contributed by atoms with Crippen LogP contribution in [0.2, 0.25) is 0 Å². The lowest BCUT2D eigenvalue weighted by atomic mass is 9.91. The Morgan fingerprint density at radius 3 is 1.08 bits per heavy atom. The van der Waals surface area contributed by atoms with Crippen LogP contribution in [0.3, 0.4) is 0 Å². The monoisotopic (exact) mass is 1120 g/mol. The van der Waals surface area contributed by atoms with Crippen LogP contribution in [0, 0.1) is 62.2 Å². The second kappa shape index (κ2) is 22.2. The summed E-state index contributed by atoms with van der Waals surface area (Å²) in [5.74, 6) is 0.562. The summed E-state index contributed by atoms with van der Waals surface area (Å²) in [5.41, 5.74) is 24.2. The van der Waals surface area contributed by atoms with E-state index in [1.807, 2.05) is 57.5 Å². The average molecular weight is 1120 g/mol. The van der Waals surface area contributed by atoms with E-state index in [-0.39, 0.29) is 5.56 Å². The Morgan fingerprint density at radius 1 is 0.381 bits per heavy atom. The molecule has 84 heavy (non-hydrogen) atoms. The van der Waals surface area contributed by atoms with Gasteiger partial charge in [0, 0.05) is 89.8 Å². The third kappa shape index (κ3) is 9.95. The minimum atomic E-state index is -2.27. The highest BCUT2D eigenvalue weighted by Gasteiger charge is 2.30. The van der Waals surface area contributed by atoms with Gasteiger partial charge in [-0.05, 0) is 188 Å².